The topological polar surface area (TPSA) is 43.6 Å². The summed E-state index contributed by atoms with van der Waals surface area (Å²) in [6, 6.07) is 51.4. The van der Waals surface area contributed by atoms with E-state index in [4.69, 9.17) is 15.0 Å². The van der Waals surface area contributed by atoms with Crippen molar-refractivity contribution in [1.82, 2.24) is 19.5 Å². The average molecular weight is 633 g/mol. The van der Waals surface area contributed by atoms with Gasteiger partial charge in [0, 0.05) is 38.7 Å². The van der Waals surface area contributed by atoms with Crippen LogP contribution >= 0.6 is 0 Å². The zero-order valence-corrected chi connectivity index (χ0v) is 28.1. The Morgan fingerprint density at radius 3 is 1.57 bits per heavy atom. The number of aromatic nitrogens is 4. The lowest BCUT2D eigenvalue weighted by atomic mass is 9.55. The van der Waals surface area contributed by atoms with Gasteiger partial charge in [0.1, 0.15) is 0 Å². The molecular weight excluding hydrogens is 597 g/mol. The first kappa shape index (κ1) is 29.3. The van der Waals surface area contributed by atoms with E-state index in [-0.39, 0.29) is 10.8 Å². The number of fused-ring (bicyclic) bond motifs is 7. The average Bonchev–Trinajstić information content (AvgIpc) is 3.49. The molecule has 1 aliphatic carbocycles. The summed E-state index contributed by atoms with van der Waals surface area (Å²) in [6.45, 7) is 9.58. The maximum absolute atomic E-state index is 4.97. The third kappa shape index (κ3) is 4.40. The van der Waals surface area contributed by atoms with Gasteiger partial charge in [-0.25, -0.2) is 15.0 Å². The van der Waals surface area contributed by atoms with Gasteiger partial charge in [0.2, 0.25) is 0 Å². The summed E-state index contributed by atoms with van der Waals surface area (Å²) in [7, 11) is 0. The molecule has 4 heteroatoms. The van der Waals surface area contributed by atoms with Gasteiger partial charge in [0.25, 0.3) is 0 Å². The molecule has 0 bridgehead atoms. The van der Waals surface area contributed by atoms with Crippen molar-refractivity contribution in [1.29, 1.82) is 0 Å². The third-order valence-corrected chi connectivity index (χ3v) is 11.0. The Labute approximate surface area is 286 Å². The van der Waals surface area contributed by atoms with Gasteiger partial charge in [-0.05, 0) is 57.9 Å². The van der Waals surface area contributed by atoms with Crippen molar-refractivity contribution in [2.45, 2.75) is 38.5 Å². The van der Waals surface area contributed by atoms with E-state index in [1.807, 2.05) is 60.7 Å². The molecule has 0 amide bonds. The van der Waals surface area contributed by atoms with Crippen molar-refractivity contribution in [3.63, 3.8) is 0 Å². The third-order valence-electron chi connectivity index (χ3n) is 11.0. The maximum atomic E-state index is 4.97. The van der Waals surface area contributed by atoms with E-state index < -0.39 is 0 Å². The van der Waals surface area contributed by atoms with Crippen molar-refractivity contribution in [3.8, 4) is 51.0 Å². The Balaban J connectivity index is 1.26. The lowest BCUT2D eigenvalue weighted by molar-refractivity contribution is 0.299. The molecule has 0 saturated carbocycles. The fraction of sp³-hybridized carbons (Fsp3) is 0.133. The SMILES string of the molecule is CC1(C)c2ccccc2-c2c(ccc3c4ccccc4n(-c4ccc(-c5nc(-c6ccccc6)nc(-c6ccccc6)n5)cc4)c23)C1(C)C. The van der Waals surface area contributed by atoms with E-state index in [1.54, 1.807) is 0 Å². The summed E-state index contributed by atoms with van der Waals surface area (Å²) in [4.78, 5) is 14.8. The van der Waals surface area contributed by atoms with Gasteiger partial charge in [0.05, 0.1) is 11.0 Å². The molecule has 0 aliphatic heterocycles. The molecule has 8 aromatic rings. The zero-order chi connectivity index (χ0) is 33.3. The maximum Gasteiger partial charge on any atom is 0.164 e. The molecule has 0 atom stereocenters. The van der Waals surface area contributed by atoms with Gasteiger partial charge in [-0.15, -0.1) is 0 Å². The number of hydrogen-bond donors (Lipinski definition) is 0. The monoisotopic (exact) mass is 632 g/mol. The predicted molar refractivity (Wildman–Crippen MR) is 202 cm³/mol. The summed E-state index contributed by atoms with van der Waals surface area (Å²) in [5.41, 5.74) is 11.7. The van der Waals surface area contributed by atoms with Crippen LogP contribution in [0, 0.1) is 0 Å². The largest absolute Gasteiger partial charge is 0.309 e. The smallest absolute Gasteiger partial charge is 0.164 e. The van der Waals surface area contributed by atoms with E-state index >= 15 is 0 Å². The highest BCUT2D eigenvalue weighted by molar-refractivity contribution is 6.15. The zero-order valence-electron chi connectivity index (χ0n) is 28.1. The van der Waals surface area contributed by atoms with Crippen molar-refractivity contribution in [2.24, 2.45) is 0 Å². The second-order valence-corrected chi connectivity index (χ2v) is 14.1. The standard InChI is InChI=1S/C45H36N4/c1-44(2)36-21-13-11-20-35(36)39-37(45(44,3)4)28-27-34-33-19-12-14-22-38(33)49(40(34)39)32-25-23-31(24-26-32)43-47-41(29-15-7-5-8-16-29)46-42(48-43)30-17-9-6-10-18-30/h5-28H,1-4H3. The molecule has 2 heterocycles. The number of benzene rings is 6. The molecule has 4 nitrogen and oxygen atoms in total. The van der Waals surface area contributed by atoms with E-state index in [9.17, 15) is 0 Å². The van der Waals surface area contributed by atoms with Gasteiger partial charge >= 0.3 is 0 Å². The van der Waals surface area contributed by atoms with Crippen LogP contribution in [-0.4, -0.2) is 19.5 Å². The number of para-hydroxylation sites is 1. The lowest BCUT2D eigenvalue weighted by Crippen LogP contribution is -2.43. The number of hydrogen-bond acceptors (Lipinski definition) is 3. The highest BCUT2D eigenvalue weighted by Crippen LogP contribution is 2.56. The highest BCUT2D eigenvalue weighted by Gasteiger charge is 2.46. The first-order valence-corrected chi connectivity index (χ1v) is 17.0. The van der Waals surface area contributed by atoms with Crippen molar-refractivity contribution < 1.29 is 0 Å². The summed E-state index contributed by atoms with van der Waals surface area (Å²) in [6.07, 6.45) is 0. The minimum Gasteiger partial charge on any atom is -0.309 e. The second kappa shape index (κ2) is 10.8. The first-order valence-electron chi connectivity index (χ1n) is 17.0. The molecule has 0 N–H and O–H groups in total. The van der Waals surface area contributed by atoms with Gasteiger partial charge < -0.3 is 4.57 Å². The van der Waals surface area contributed by atoms with E-state index in [0.717, 1.165) is 22.4 Å². The number of nitrogens with zero attached hydrogens (tertiary/aromatic N) is 4. The van der Waals surface area contributed by atoms with Crippen LogP contribution in [0.2, 0.25) is 0 Å². The molecule has 2 aromatic heterocycles. The fourth-order valence-corrected chi connectivity index (χ4v) is 7.74. The molecule has 0 saturated heterocycles. The Morgan fingerprint density at radius 1 is 0.429 bits per heavy atom. The van der Waals surface area contributed by atoms with Crippen LogP contribution in [0.3, 0.4) is 0 Å². The molecule has 236 valence electrons. The van der Waals surface area contributed by atoms with Crippen LogP contribution in [-0.2, 0) is 10.8 Å². The Bertz CT molecular complexity index is 2470. The second-order valence-electron chi connectivity index (χ2n) is 14.1. The molecule has 1 aliphatic rings. The Kier molecular flexibility index (Phi) is 6.47. The minimum absolute atomic E-state index is 0.0372. The highest BCUT2D eigenvalue weighted by atomic mass is 15.0. The van der Waals surface area contributed by atoms with Crippen LogP contribution < -0.4 is 0 Å². The molecule has 49 heavy (non-hydrogen) atoms. The first-order chi connectivity index (χ1) is 23.8. The van der Waals surface area contributed by atoms with E-state index in [2.05, 4.69) is 117 Å². The summed E-state index contributed by atoms with van der Waals surface area (Å²) in [5, 5.41) is 2.52. The molecule has 0 radical (unpaired) electrons. The molecule has 0 fully saturated rings. The van der Waals surface area contributed by atoms with Gasteiger partial charge in [-0.3, -0.25) is 0 Å². The Hall–Kier alpha value is -5.87. The normalized spacial score (nSPS) is 14.4. The molecule has 9 rings (SSSR count). The molecular formula is C45H36N4. The quantitative estimate of drug-likeness (QED) is 0.194. The number of rotatable bonds is 4. The van der Waals surface area contributed by atoms with Gasteiger partial charge in [-0.1, -0.05) is 143 Å². The van der Waals surface area contributed by atoms with Crippen molar-refractivity contribution >= 4 is 21.8 Å². The van der Waals surface area contributed by atoms with Crippen LogP contribution in [0.25, 0.3) is 72.8 Å². The van der Waals surface area contributed by atoms with E-state index in [1.165, 1.54) is 44.1 Å². The van der Waals surface area contributed by atoms with Crippen LogP contribution in [0.15, 0.2) is 146 Å². The minimum atomic E-state index is -0.0817. The lowest BCUT2D eigenvalue weighted by Gasteiger charge is -2.48. The molecule has 0 spiro atoms. The Morgan fingerprint density at radius 2 is 0.939 bits per heavy atom. The molecule has 0 unspecified atom stereocenters. The summed E-state index contributed by atoms with van der Waals surface area (Å²) < 4.78 is 2.46. The van der Waals surface area contributed by atoms with Crippen molar-refractivity contribution in [3.05, 3.63) is 157 Å². The molecule has 6 aromatic carbocycles. The van der Waals surface area contributed by atoms with E-state index in [0.29, 0.717) is 17.5 Å². The van der Waals surface area contributed by atoms with Crippen LogP contribution in [0.5, 0.6) is 0 Å². The summed E-state index contributed by atoms with van der Waals surface area (Å²) in [5.74, 6) is 1.97. The summed E-state index contributed by atoms with van der Waals surface area (Å²) >= 11 is 0. The van der Waals surface area contributed by atoms with Crippen LogP contribution in [0.4, 0.5) is 0 Å². The van der Waals surface area contributed by atoms with Gasteiger partial charge in [-0.2, -0.15) is 0 Å². The van der Waals surface area contributed by atoms with Crippen molar-refractivity contribution in [2.75, 3.05) is 0 Å². The van der Waals surface area contributed by atoms with Crippen LogP contribution in [0.1, 0.15) is 38.8 Å². The predicted octanol–water partition coefficient (Wildman–Crippen LogP) is 11.2. The van der Waals surface area contributed by atoms with Gasteiger partial charge in [0.15, 0.2) is 17.5 Å². The fourth-order valence-electron chi connectivity index (χ4n) is 7.74.